The summed E-state index contributed by atoms with van der Waals surface area (Å²) in [4.78, 5) is 10.1. The van der Waals surface area contributed by atoms with Gasteiger partial charge in [0, 0.05) is 37.8 Å². The van der Waals surface area contributed by atoms with Crippen molar-refractivity contribution in [2.45, 2.75) is 44.2 Å². The SMILES string of the molecule is CN=C(NCc1ncc(C)s1)NCc1ccccc1S(=O)(=O)N1CCCCC1. The minimum atomic E-state index is -3.48. The molecule has 0 aliphatic carbocycles. The van der Waals surface area contributed by atoms with Crippen LogP contribution in [0.2, 0.25) is 0 Å². The third-order valence-corrected chi connectivity index (χ3v) is 7.56. The first kappa shape index (κ1) is 20.8. The molecule has 0 amide bonds. The Balaban J connectivity index is 1.67. The zero-order valence-electron chi connectivity index (χ0n) is 16.3. The van der Waals surface area contributed by atoms with Crippen LogP contribution in [0.15, 0.2) is 40.4 Å². The van der Waals surface area contributed by atoms with Gasteiger partial charge in [0.15, 0.2) is 5.96 Å². The Labute approximate surface area is 171 Å². The highest BCUT2D eigenvalue weighted by Gasteiger charge is 2.27. The lowest BCUT2D eigenvalue weighted by molar-refractivity contribution is 0.346. The molecular weight excluding hydrogens is 394 g/mol. The number of nitrogens with zero attached hydrogens (tertiary/aromatic N) is 3. The van der Waals surface area contributed by atoms with Gasteiger partial charge in [0.05, 0.1) is 11.4 Å². The molecule has 0 saturated carbocycles. The molecule has 0 atom stereocenters. The van der Waals surface area contributed by atoms with Gasteiger partial charge in [0.25, 0.3) is 0 Å². The molecule has 0 radical (unpaired) electrons. The largest absolute Gasteiger partial charge is 0.352 e. The van der Waals surface area contributed by atoms with Crippen molar-refractivity contribution in [3.63, 3.8) is 0 Å². The third kappa shape index (κ3) is 5.09. The zero-order chi connectivity index (χ0) is 20.0. The summed E-state index contributed by atoms with van der Waals surface area (Å²) in [5.41, 5.74) is 0.737. The van der Waals surface area contributed by atoms with Crippen LogP contribution in [-0.4, -0.2) is 43.8 Å². The van der Waals surface area contributed by atoms with Gasteiger partial charge in [-0.15, -0.1) is 11.3 Å². The molecule has 1 saturated heterocycles. The topological polar surface area (TPSA) is 86.7 Å². The van der Waals surface area contributed by atoms with Gasteiger partial charge in [-0.05, 0) is 31.4 Å². The van der Waals surface area contributed by atoms with Crippen molar-refractivity contribution in [2.75, 3.05) is 20.1 Å². The van der Waals surface area contributed by atoms with Gasteiger partial charge in [-0.25, -0.2) is 13.4 Å². The number of benzene rings is 1. The number of nitrogens with one attached hydrogen (secondary N) is 2. The van der Waals surface area contributed by atoms with Gasteiger partial charge >= 0.3 is 0 Å². The second-order valence-corrected chi connectivity index (χ2v) is 9.94. The zero-order valence-corrected chi connectivity index (χ0v) is 17.9. The first-order valence-electron chi connectivity index (χ1n) is 9.44. The van der Waals surface area contributed by atoms with Gasteiger partial charge in [0.2, 0.25) is 10.0 Å². The highest BCUT2D eigenvalue weighted by atomic mass is 32.2. The van der Waals surface area contributed by atoms with E-state index >= 15 is 0 Å². The number of thiazole rings is 1. The maximum absolute atomic E-state index is 13.1. The molecule has 2 aromatic rings. The van der Waals surface area contributed by atoms with Crippen LogP contribution < -0.4 is 10.6 Å². The van der Waals surface area contributed by atoms with Crippen molar-refractivity contribution in [2.24, 2.45) is 4.99 Å². The Morgan fingerprint density at radius 1 is 1.18 bits per heavy atom. The number of hydrogen-bond acceptors (Lipinski definition) is 5. The average molecular weight is 422 g/mol. The molecule has 1 aliphatic heterocycles. The molecule has 0 unspecified atom stereocenters. The molecule has 28 heavy (non-hydrogen) atoms. The Kier molecular flexibility index (Phi) is 7.03. The predicted octanol–water partition coefficient (Wildman–Crippen LogP) is 2.49. The van der Waals surface area contributed by atoms with Gasteiger partial charge in [-0.1, -0.05) is 24.6 Å². The normalized spacial score (nSPS) is 16.1. The Morgan fingerprint density at radius 3 is 2.57 bits per heavy atom. The fourth-order valence-corrected chi connectivity index (χ4v) is 5.65. The maximum atomic E-state index is 13.1. The molecule has 1 aliphatic rings. The number of aliphatic imine (C=N–C) groups is 1. The molecule has 7 nitrogen and oxygen atoms in total. The summed E-state index contributed by atoms with van der Waals surface area (Å²) in [6.07, 6.45) is 4.79. The maximum Gasteiger partial charge on any atom is 0.243 e. The molecule has 9 heteroatoms. The van der Waals surface area contributed by atoms with Crippen molar-refractivity contribution in [1.29, 1.82) is 0 Å². The number of hydrogen-bond donors (Lipinski definition) is 2. The molecule has 1 fully saturated rings. The van der Waals surface area contributed by atoms with Crippen LogP contribution in [0.4, 0.5) is 0 Å². The van der Waals surface area contributed by atoms with E-state index in [0.717, 1.165) is 34.7 Å². The summed E-state index contributed by atoms with van der Waals surface area (Å²) in [5.74, 6) is 0.609. The van der Waals surface area contributed by atoms with E-state index in [2.05, 4.69) is 20.6 Å². The van der Waals surface area contributed by atoms with Crippen LogP contribution in [0.3, 0.4) is 0 Å². The molecule has 0 bridgehead atoms. The molecule has 2 heterocycles. The van der Waals surface area contributed by atoms with Gasteiger partial charge in [0.1, 0.15) is 5.01 Å². The number of aromatic nitrogens is 1. The van der Waals surface area contributed by atoms with Gasteiger partial charge in [-0.2, -0.15) is 4.31 Å². The molecule has 0 spiro atoms. The van der Waals surface area contributed by atoms with E-state index in [-0.39, 0.29) is 0 Å². The van der Waals surface area contributed by atoms with Crippen molar-refractivity contribution < 1.29 is 8.42 Å². The Hall–Kier alpha value is -1.97. The van der Waals surface area contributed by atoms with E-state index < -0.39 is 10.0 Å². The van der Waals surface area contributed by atoms with Crippen LogP contribution in [-0.2, 0) is 23.1 Å². The standard InChI is InChI=1S/C19H27N5O2S2/c1-15-12-21-18(27-15)14-23-19(20-2)22-13-16-8-4-5-9-17(16)28(25,26)24-10-6-3-7-11-24/h4-5,8-9,12H,3,6-7,10-11,13-14H2,1-2H3,(H2,20,22,23). The van der Waals surface area contributed by atoms with E-state index in [1.165, 1.54) is 0 Å². The molecular formula is C19H27N5O2S2. The second-order valence-electron chi connectivity index (χ2n) is 6.72. The summed E-state index contributed by atoms with van der Waals surface area (Å²) in [5, 5.41) is 7.41. The summed E-state index contributed by atoms with van der Waals surface area (Å²) >= 11 is 1.64. The fourth-order valence-electron chi connectivity index (χ4n) is 3.19. The van der Waals surface area contributed by atoms with Gasteiger partial charge in [-0.3, -0.25) is 4.99 Å². The average Bonchev–Trinajstić information content (AvgIpc) is 3.14. The van der Waals surface area contributed by atoms with Crippen molar-refractivity contribution in [3.8, 4) is 0 Å². The fraction of sp³-hybridized carbons (Fsp3) is 0.474. The monoisotopic (exact) mass is 421 g/mol. The van der Waals surface area contributed by atoms with E-state index in [4.69, 9.17) is 0 Å². The van der Waals surface area contributed by atoms with E-state index in [9.17, 15) is 8.42 Å². The third-order valence-electron chi connectivity index (χ3n) is 4.65. The minimum absolute atomic E-state index is 0.371. The lowest BCUT2D eigenvalue weighted by Crippen LogP contribution is -2.38. The van der Waals surface area contributed by atoms with E-state index in [1.807, 2.05) is 25.3 Å². The molecule has 2 N–H and O–H groups in total. The molecule has 1 aromatic heterocycles. The summed E-state index contributed by atoms with van der Waals surface area (Å²) in [6.45, 7) is 4.17. The second kappa shape index (κ2) is 9.49. The van der Waals surface area contributed by atoms with Gasteiger partial charge < -0.3 is 10.6 Å². The van der Waals surface area contributed by atoms with Crippen molar-refractivity contribution in [3.05, 3.63) is 45.9 Å². The highest BCUT2D eigenvalue weighted by Crippen LogP contribution is 2.23. The summed E-state index contributed by atoms with van der Waals surface area (Å²) < 4.78 is 27.8. The van der Waals surface area contributed by atoms with Crippen molar-refractivity contribution >= 4 is 27.3 Å². The van der Waals surface area contributed by atoms with Crippen LogP contribution in [0, 0.1) is 6.92 Å². The number of aryl methyl sites for hydroxylation is 1. The molecule has 1 aromatic carbocycles. The predicted molar refractivity (Wildman–Crippen MR) is 113 cm³/mol. The number of sulfonamides is 1. The molecule has 3 rings (SSSR count). The molecule has 152 valence electrons. The lowest BCUT2D eigenvalue weighted by atomic mass is 10.2. The summed E-state index contributed by atoms with van der Waals surface area (Å²) in [7, 11) is -1.78. The smallest absolute Gasteiger partial charge is 0.243 e. The van der Waals surface area contributed by atoms with E-state index in [1.54, 1.807) is 34.8 Å². The van der Waals surface area contributed by atoms with Crippen LogP contribution >= 0.6 is 11.3 Å². The number of piperidine rings is 1. The highest BCUT2D eigenvalue weighted by molar-refractivity contribution is 7.89. The minimum Gasteiger partial charge on any atom is -0.352 e. The quantitative estimate of drug-likeness (QED) is 0.553. The van der Waals surface area contributed by atoms with Crippen LogP contribution in [0.25, 0.3) is 0 Å². The van der Waals surface area contributed by atoms with Crippen LogP contribution in [0.5, 0.6) is 0 Å². The number of rotatable bonds is 6. The van der Waals surface area contributed by atoms with Crippen molar-refractivity contribution in [1.82, 2.24) is 19.9 Å². The lowest BCUT2D eigenvalue weighted by Gasteiger charge is -2.27. The van der Waals surface area contributed by atoms with Crippen LogP contribution in [0.1, 0.15) is 34.7 Å². The first-order valence-corrected chi connectivity index (χ1v) is 11.7. The van der Waals surface area contributed by atoms with E-state index in [0.29, 0.717) is 37.0 Å². The Bertz CT molecular complexity index is 918. The summed E-state index contributed by atoms with van der Waals surface area (Å²) in [6, 6.07) is 7.18. The number of guanidine groups is 1. The Morgan fingerprint density at radius 2 is 1.89 bits per heavy atom. The first-order chi connectivity index (χ1) is 13.5.